The van der Waals surface area contributed by atoms with Gasteiger partial charge in [-0.05, 0) is 37.5 Å². The summed E-state index contributed by atoms with van der Waals surface area (Å²) in [5.41, 5.74) is 0. The maximum absolute atomic E-state index is 11.9. The summed E-state index contributed by atoms with van der Waals surface area (Å²) < 4.78 is 11.3. The van der Waals surface area contributed by atoms with E-state index in [0.717, 1.165) is 25.7 Å². The molecule has 4 heteroatoms. The van der Waals surface area contributed by atoms with Gasteiger partial charge in [-0.25, -0.2) is 0 Å². The minimum atomic E-state index is -0.236. The summed E-state index contributed by atoms with van der Waals surface area (Å²) >= 11 is 0. The van der Waals surface area contributed by atoms with E-state index in [0.29, 0.717) is 11.8 Å². The highest BCUT2D eigenvalue weighted by Gasteiger charge is 2.48. The lowest BCUT2D eigenvalue weighted by atomic mass is 9.67. The third-order valence-corrected chi connectivity index (χ3v) is 4.52. The molecule has 114 valence electrons. The molecule has 4 nitrogen and oxygen atoms in total. The van der Waals surface area contributed by atoms with Crippen LogP contribution >= 0.6 is 0 Å². The minimum Gasteiger partial charge on any atom is -0.458 e. The van der Waals surface area contributed by atoms with Gasteiger partial charge in [-0.15, -0.1) is 0 Å². The maximum Gasteiger partial charge on any atom is 0.308 e. The van der Waals surface area contributed by atoms with Crippen LogP contribution in [0.4, 0.5) is 0 Å². The Kier molecular flexibility index (Phi) is 4.71. The van der Waals surface area contributed by atoms with E-state index in [1.807, 2.05) is 27.7 Å². The Morgan fingerprint density at radius 3 is 1.30 bits per heavy atom. The molecular formula is C16H26O4. The first-order valence-corrected chi connectivity index (χ1v) is 7.81. The predicted octanol–water partition coefficient (Wildman–Crippen LogP) is 2.94. The quantitative estimate of drug-likeness (QED) is 0.744. The second-order valence-electron chi connectivity index (χ2n) is 6.79. The van der Waals surface area contributed by atoms with Gasteiger partial charge >= 0.3 is 11.9 Å². The zero-order valence-corrected chi connectivity index (χ0v) is 12.9. The van der Waals surface area contributed by atoms with Crippen molar-refractivity contribution in [1.82, 2.24) is 0 Å². The van der Waals surface area contributed by atoms with Crippen molar-refractivity contribution in [1.29, 1.82) is 0 Å². The number of carbonyl (C=O) groups excluding carboxylic acids is 2. The first kappa shape index (κ1) is 15.3. The second-order valence-corrected chi connectivity index (χ2v) is 6.79. The molecule has 0 saturated heterocycles. The fraction of sp³-hybridized carbons (Fsp3) is 0.875. The average Bonchev–Trinajstić information content (AvgIpc) is 2.41. The molecule has 0 radical (unpaired) electrons. The fourth-order valence-corrected chi connectivity index (χ4v) is 3.21. The summed E-state index contributed by atoms with van der Waals surface area (Å²) in [4.78, 5) is 23.8. The molecular weight excluding hydrogens is 256 g/mol. The summed E-state index contributed by atoms with van der Waals surface area (Å²) in [6.07, 6.45) is 3.85. The topological polar surface area (TPSA) is 52.6 Å². The van der Waals surface area contributed by atoms with Crippen molar-refractivity contribution in [3.05, 3.63) is 0 Å². The molecule has 3 saturated carbocycles. The molecule has 0 heterocycles. The molecule has 0 spiro atoms. The highest BCUT2D eigenvalue weighted by Crippen LogP contribution is 2.44. The standard InChI is InChI=1S/C16H26O4/c1-9(2)15(17)19-13-11-5-7-12(8-6-11)14(13)20-16(18)10(3)4/h9-14H,5-8H2,1-4H3. The zero-order valence-electron chi connectivity index (χ0n) is 12.9. The third-order valence-electron chi connectivity index (χ3n) is 4.52. The molecule has 20 heavy (non-hydrogen) atoms. The lowest BCUT2D eigenvalue weighted by molar-refractivity contribution is -0.195. The van der Waals surface area contributed by atoms with Crippen LogP contribution in [0.15, 0.2) is 0 Å². The van der Waals surface area contributed by atoms with Gasteiger partial charge in [0.05, 0.1) is 11.8 Å². The number of carbonyl (C=O) groups is 2. The number of hydrogen-bond donors (Lipinski definition) is 0. The van der Waals surface area contributed by atoms with Gasteiger partial charge in [-0.2, -0.15) is 0 Å². The normalized spacial score (nSPS) is 32.5. The van der Waals surface area contributed by atoms with Gasteiger partial charge in [-0.3, -0.25) is 9.59 Å². The van der Waals surface area contributed by atoms with Crippen molar-refractivity contribution in [2.75, 3.05) is 0 Å². The lowest BCUT2D eigenvalue weighted by Crippen LogP contribution is -2.52. The average molecular weight is 282 g/mol. The van der Waals surface area contributed by atoms with Crippen LogP contribution in [0.1, 0.15) is 53.4 Å². The van der Waals surface area contributed by atoms with Crippen LogP contribution < -0.4 is 0 Å². The molecule has 3 aliphatic rings. The van der Waals surface area contributed by atoms with Gasteiger partial charge in [0.15, 0.2) is 0 Å². The summed E-state index contributed by atoms with van der Waals surface area (Å²) in [7, 11) is 0. The Balaban J connectivity index is 2.08. The summed E-state index contributed by atoms with van der Waals surface area (Å²) in [6.45, 7) is 7.33. The first-order chi connectivity index (χ1) is 9.40. The van der Waals surface area contributed by atoms with Crippen LogP contribution in [0.25, 0.3) is 0 Å². The Morgan fingerprint density at radius 2 is 1.05 bits per heavy atom. The molecule has 3 fully saturated rings. The van der Waals surface area contributed by atoms with Gasteiger partial charge in [-0.1, -0.05) is 27.7 Å². The van der Waals surface area contributed by atoms with Gasteiger partial charge in [0.25, 0.3) is 0 Å². The molecule has 3 aliphatic carbocycles. The summed E-state index contributed by atoms with van der Waals surface area (Å²) in [5.74, 6) is 0.0513. The molecule has 0 amide bonds. The molecule has 0 N–H and O–H groups in total. The SMILES string of the molecule is CC(C)C(=O)OC1C2CCC(CC2)C1OC(=O)C(C)C. The maximum atomic E-state index is 11.9. The van der Waals surface area contributed by atoms with Gasteiger partial charge in [0.2, 0.25) is 0 Å². The minimum absolute atomic E-state index is 0.142. The van der Waals surface area contributed by atoms with Crippen molar-refractivity contribution >= 4 is 11.9 Å². The first-order valence-electron chi connectivity index (χ1n) is 7.81. The lowest BCUT2D eigenvalue weighted by Gasteiger charge is -2.47. The molecule has 0 aromatic rings. The molecule has 2 unspecified atom stereocenters. The molecule has 2 bridgehead atoms. The Labute approximate surface area is 121 Å². The van der Waals surface area contributed by atoms with Crippen LogP contribution in [-0.2, 0) is 19.1 Å². The largest absolute Gasteiger partial charge is 0.458 e. The van der Waals surface area contributed by atoms with Crippen LogP contribution in [0.5, 0.6) is 0 Å². The van der Waals surface area contributed by atoms with Crippen LogP contribution in [0.3, 0.4) is 0 Å². The van der Waals surface area contributed by atoms with Gasteiger partial charge in [0, 0.05) is 0 Å². The van der Waals surface area contributed by atoms with Crippen molar-refractivity contribution in [3.8, 4) is 0 Å². The number of esters is 2. The predicted molar refractivity (Wildman–Crippen MR) is 74.9 cm³/mol. The molecule has 3 rings (SSSR count). The van der Waals surface area contributed by atoms with Crippen LogP contribution in [0, 0.1) is 23.7 Å². The molecule has 0 aromatic carbocycles. The molecule has 0 aliphatic heterocycles. The zero-order chi connectivity index (χ0) is 14.9. The Morgan fingerprint density at radius 1 is 0.750 bits per heavy atom. The van der Waals surface area contributed by atoms with E-state index in [9.17, 15) is 9.59 Å². The van der Waals surface area contributed by atoms with E-state index in [4.69, 9.17) is 9.47 Å². The van der Waals surface area contributed by atoms with E-state index >= 15 is 0 Å². The van der Waals surface area contributed by atoms with Crippen LogP contribution in [0.2, 0.25) is 0 Å². The highest BCUT2D eigenvalue weighted by molar-refractivity contribution is 5.73. The van der Waals surface area contributed by atoms with E-state index in [2.05, 4.69) is 0 Å². The number of rotatable bonds is 4. The van der Waals surface area contributed by atoms with E-state index in [1.54, 1.807) is 0 Å². The Bertz CT molecular complexity index is 331. The van der Waals surface area contributed by atoms with Crippen molar-refractivity contribution in [3.63, 3.8) is 0 Å². The second kappa shape index (κ2) is 6.15. The van der Waals surface area contributed by atoms with Crippen molar-refractivity contribution in [2.45, 2.75) is 65.6 Å². The highest BCUT2D eigenvalue weighted by atomic mass is 16.6. The molecule has 0 aromatic heterocycles. The third kappa shape index (κ3) is 3.15. The monoisotopic (exact) mass is 282 g/mol. The van der Waals surface area contributed by atoms with E-state index in [-0.39, 0.29) is 36.0 Å². The smallest absolute Gasteiger partial charge is 0.308 e. The number of ether oxygens (including phenoxy) is 2. The number of fused-ring (bicyclic) bond motifs is 3. The van der Waals surface area contributed by atoms with Gasteiger partial charge < -0.3 is 9.47 Å². The van der Waals surface area contributed by atoms with Crippen LogP contribution in [-0.4, -0.2) is 24.1 Å². The Hall–Kier alpha value is -1.06. The van der Waals surface area contributed by atoms with Gasteiger partial charge in [0.1, 0.15) is 12.2 Å². The van der Waals surface area contributed by atoms with E-state index < -0.39 is 0 Å². The van der Waals surface area contributed by atoms with E-state index in [1.165, 1.54) is 0 Å². The summed E-state index contributed by atoms with van der Waals surface area (Å²) in [6, 6.07) is 0. The van der Waals surface area contributed by atoms with Crippen molar-refractivity contribution in [2.24, 2.45) is 23.7 Å². The number of hydrogen-bond acceptors (Lipinski definition) is 4. The molecule has 2 atom stereocenters. The summed E-state index contributed by atoms with van der Waals surface area (Å²) in [5, 5.41) is 0. The fourth-order valence-electron chi connectivity index (χ4n) is 3.21. The van der Waals surface area contributed by atoms with Crippen molar-refractivity contribution < 1.29 is 19.1 Å².